The van der Waals surface area contributed by atoms with E-state index in [9.17, 15) is 14.4 Å². The van der Waals surface area contributed by atoms with Gasteiger partial charge in [-0.15, -0.1) is 0 Å². The Kier molecular flexibility index (Phi) is 6.90. The minimum Gasteiger partial charge on any atom is -0.455 e. The number of hydrogen-bond acceptors (Lipinski definition) is 4. The molecular formula is C19H14Cl4N2O4. The van der Waals surface area contributed by atoms with E-state index in [4.69, 9.17) is 51.1 Å². The molecule has 152 valence electrons. The zero-order valence-electron chi connectivity index (χ0n) is 14.8. The third-order valence-corrected chi connectivity index (χ3v) is 5.59. The number of carbonyl (C=O) groups is 3. The summed E-state index contributed by atoms with van der Waals surface area (Å²) in [5.41, 5.74) is 0.768. The Hall–Kier alpha value is -1.99. The van der Waals surface area contributed by atoms with E-state index in [2.05, 4.69) is 5.32 Å². The van der Waals surface area contributed by atoms with Gasteiger partial charge in [0.1, 0.15) is 0 Å². The first kappa shape index (κ1) is 21.7. The predicted octanol–water partition coefficient (Wildman–Crippen LogP) is 4.84. The number of nitrogens with one attached hydrogen (secondary N) is 1. The van der Waals surface area contributed by atoms with Crippen LogP contribution >= 0.6 is 46.4 Å². The number of amides is 2. The van der Waals surface area contributed by atoms with E-state index < -0.39 is 24.4 Å². The van der Waals surface area contributed by atoms with Crippen LogP contribution < -0.4 is 10.2 Å². The van der Waals surface area contributed by atoms with Gasteiger partial charge in [0.15, 0.2) is 6.61 Å². The fraction of sp³-hybridized carbons (Fsp3) is 0.211. The maximum absolute atomic E-state index is 12.3. The van der Waals surface area contributed by atoms with Crippen molar-refractivity contribution in [3.63, 3.8) is 0 Å². The standard InChI is InChI=1S/C19H14Cl4N2O4/c20-11-4-5-14(13(22)7-11)24-16(26)9-29-19(28)10-6-17(27)25(8-10)15-3-1-2-12(21)18(15)23/h1-5,7,10H,6,8-9H2,(H,24,26)/t10-/m1/s1. The van der Waals surface area contributed by atoms with Crippen LogP contribution in [0.1, 0.15) is 6.42 Å². The number of rotatable bonds is 5. The number of benzene rings is 2. The highest BCUT2D eigenvalue weighted by Gasteiger charge is 2.37. The summed E-state index contributed by atoms with van der Waals surface area (Å²) in [6.07, 6.45) is -0.0493. The topological polar surface area (TPSA) is 75.7 Å². The summed E-state index contributed by atoms with van der Waals surface area (Å²) >= 11 is 23.9. The number of hydrogen-bond donors (Lipinski definition) is 1. The number of nitrogens with zero attached hydrogens (tertiary/aromatic N) is 1. The Morgan fingerprint density at radius 2 is 1.86 bits per heavy atom. The van der Waals surface area contributed by atoms with Gasteiger partial charge in [0.2, 0.25) is 5.91 Å². The molecule has 0 saturated carbocycles. The molecule has 2 aromatic carbocycles. The number of carbonyl (C=O) groups excluding carboxylic acids is 3. The van der Waals surface area contributed by atoms with E-state index >= 15 is 0 Å². The van der Waals surface area contributed by atoms with Crippen LogP contribution in [0.4, 0.5) is 11.4 Å². The highest BCUT2D eigenvalue weighted by molar-refractivity contribution is 6.44. The molecule has 10 heteroatoms. The van der Waals surface area contributed by atoms with E-state index in [1.807, 2.05) is 0 Å². The van der Waals surface area contributed by atoms with Crippen LogP contribution in [0.2, 0.25) is 20.1 Å². The van der Waals surface area contributed by atoms with Gasteiger partial charge in [0, 0.05) is 18.0 Å². The lowest BCUT2D eigenvalue weighted by Gasteiger charge is -2.18. The van der Waals surface area contributed by atoms with Crippen LogP contribution in [-0.2, 0) is 19.1 Å². The SMILES string of the molecule is O=C(COC(=O)[C@@H]1CC(=O)N(c2cccc(Cl)c2Cl)C1)Nc1ccc(Cl)cc1Cl. The molecule has 3 rings (SSSR count). The third-order valence-electron chi connectivity index (χ3n) is 4.23. The van der Waals surface area contributed by atoms with E-state index in [0.717, 1.165) is 0 Å². The van der Waals surface area contributed by atoms with Gasteiger partial charge in [0.25, 0.3) is 5.91 Å². The van der Waals surface area contributed by atoms with Gasteiger partial charge < -0.3 is 15.0 Å². The molecule has 0 unspecified atom stereocenters. The normalized spacial score (nSPS) is 16.1. The van der Waals surface area contributed by atoms with Gasteiger partial charge in [-0.3, -0.25) is 14.4 Å². The Bertz CT molecular complexity index is 983. The summed E-state index contributed by atoms with van der Waals surface area (Å²) in [5.74, 6) is -2.23. The molecular weight excluding hydrogens is 462 g/mol. The fourth-order valence-electron chi connectivity index (χ4n) is 2.83. The quantitative estimate of drug-likeness (QED) is 0.628. The van der Waals surface area contributed by atoms with Crippen molar-refractivity contribution < 1.29 is 19.1 Å². The van der Waals surface area contributed by atoms with Gasteiger partial charge in [-0.05, 0) is 30.3 Å². The number of esters is 1. The predicted molar refractivity (Wildman–Crippen MR) is 113 cm³/mol. The lowest BCUT2D eigenvalue weighted by Crippen LogP contribution is -2.28. The Morgan fingerprint density at radius 1 is 1.10 bits per heavy atom. The lowest BCUT2D eigenvalue weighted by molar-refractivity contribution is -0.151. The van der Waals surface area contributed by atoms with Crippen molar-refractivity contribution in [2.45, 2.75) is 6.42 Å². The molecule has 6 nitrogen and oxygen atoms in total. The van der Waals surface area contributed by atoms with Gasteiger partial charge in [-0.2, -0.15) is 0 Å². The molecule has 0 aromatic heterocycles. The van der Waals surface area contributed by atoms with E-state index in [1.54, 1.807) is 24.3 Å². The second kappa shape index (κ2) is 9.22. The van der Waals surface area contributed by atoms with Crippen molar-refractivity contribution in [2.24, 2.45) is 5.92 Å². The molecule has 0 bridgehead atoms. The molecule has 29 heavy (non-hydrogen) atoms. The molecule has 1 heterocycles. The summed E-state index contributed by atoms with van der Waals surface area (Å²) in [7, 11) is 0. The van der Waals surface area contributed by atoms with E-state index in [-0.39, 0.29) is 28.9 Å². The number of ether oxygens (including phenoxy) is 1. The summed E-state index contributed by atoms with van der Waals surface area (Å²) in [6.45, 7) is -0.428. The minimum absolute atomic E-state index is 0.0493. The van der Waals surface area contributed by atoms with Gasteiger partial charge in [-0.1, -0.05) is 52.5 Å². The van der Waals surface area contributed by atoms with Crippen molar-refractivity contribution in [3.05, 3.63) is 56.5 Å². The lowest BCUT2D eigenvalue weighted by atomic mass is 10.1. The molecule has 1 atom stereocenters. The van der Waals surface area contributed by atoms with E-state index in [0.29, 0.717) is 21.4 Å². The maximum atomic E-state index is 12.3. The number of anilines is 2. The minimum atomic E-state index is -0.718. The molecule has 1 fully saturated rings. The maximum Gasteiger partial charge on any atom is 0.311 e. The van der Waals surface area contributed by atoms with Crippen LogP contribution in [0.3, 0.4) is 0 Å². The molecule has 2 aromatic rings. The summed E-state index contributed by atoms with van der Waals surface area (Å²) in [6, 6.07) is 9.48. The van der Waals surface area contributed by atoms with Crippen LogP contribution in [-0.4, -0.2) is 30.9 Å². The van der Waals surface area contributed by atoms with Gasteiger partial charge in [0.05, 0.1) is 32.4 Å². The molecule has 1 aliphatic rings. The third kappa shape index (κ3) is 5.14. The highest BCUT2D eigenvalue weighted by Crippen LogP contribution is 2.36. The summed E-state index contributed by atoms with van der Waals surface area (Å²) in [4.78, 5) is 38.0. The zero-order valence-corrected chi connectivity index (χ0v) is 17.8. The van der Waals surface area contributed by atoms with E-state index in [1.165, 1.54) is 17.0 Å². The van der Waals surface area contributed by atoms with Crippen molar-refractivity contribution >= 4 is 75.6 Å². The first-order valence-electron chi connectivity index (χ1n) is 8.42. The Morgan fingerprint density at radius 3 is 2.59 bits per heavy atom. The van der Waals surface area contributed by atoms with Crippen LogP contribution in [0.5, 0.6) is 0 Å². The van der Waals surface area contributed by atoms with Gasteiger partial charge in [-0.25, -0.2) is 0 Å². The average molecular weight is 476 g/mol. The fourth-order valence-corrected chi connectivity index (χ4v) is 3.68. The zero-order chi connectivity index (χ0) is 21.1. The summed E-state index contributed by atoms with van der Waals surface area (Å²) in [5, 5.41) is 3.75. The smallest absolute Gasteiger partial charge is 0.311 e. The van der Waals surface area contributed by atoms with Crippen LogP contribution in [0, 0.1) is 5.92 Å². The molecule has 0 spiro atoms. The second-order valence-corrected chi connectivity index (χ2v) is 7.89. The largest absolute Gasteiger partial charge is 0.455 e. The van der Waals surface area contributed by atoms with Crippen molar-refractivity contribution in [2.75, 3.05) is 23.4 Å². The van der Waals surface area contributed by atoms with Crippen LogP contribution in [0.25, 0.3) is 0 Å². The first-order chi connectivity index (χ1) is 13.8. The first-order valence-corrected chi connectivity index (χ1v) is 9.93. The van der Waals surface area contributed by atoms with Crippen LogP contribution in [0.15, 0.2) is 36.4 Å². The molecule has 0 radical (unpaired) electrons. The highest BCUT2D eigenvalue weighted by atomic mass is 35.5. The van der Waals surface area contributed by atoms with Crippen molar-refractivity contribution in [3.8, 4) is 0 Å². The molecule has 1 saturated heterocycles. The Labute approximate surface area is 186 Å². The number of halogens is 4. The van der Waals surface area contributed by atoms with Gasteiger partial charge >= 0.3 is 5.97 Å². The van der Waals surface area contributed by atoms with Crippen molar-refractivity contribution in [1.82, 2.24) is 0 Å². The Balaban J connectivity index is 1.56. The molecule has 0 aliphatic carbocycles. The summed E-state index contributed by atoms with van der Waals surface area (Å²) < 4.78 is 5.05. The monoisotopic (exact) mass is 474 g/mol. The molecule has 1 aliphatic heterocycles. The average Bonchev–Trinajstić information content (AvgIpc) is 3.06. The molecule has 2 amide bonds. The van der Waals surface area contributed by atoms with Crippen molar-refractivity contribution in [1.29, 1.82) is 0 Å². The molecule has 1 N–H and O–H groups in total. The second-order valence-electron chi connectivity index (χ2n) is 6.26.